The first-order valence-electron chi connectivity index (χ1n) is 10.6. The fourth-order valence-electron chi connectivity index (χ4n) is 3.63. The van der Waals surface area contributed by atoms with Crippen LogP contribution in [0.4, 0.5) is 15.8 Å². The van der Waals surface area contributed by atoms with Crippen molar-refractivity contribution in [3.63, 3.8) is 0 Å². The lowest BCUT2D eigenvalue weighted by Gasteiger charge is -2.16. The van der Waals surface area contributed by atoms with Gasteiger partial charge >= 0.3 is 0 Å². The number of benzene rings is 3. The van der Waals surface area contributed by atoms with Crippen LogP contribution in [-0.4, -0.2) is 16.8 Å². The Hall–Kier alpha value is -3.97. The third kappa shape index (κ3) is 4.43. The predicted octanol–water partition coefficient (Wildman–Crippen LogP) is 6.18. The number of aromatic nitrogens is 1. The van der Waals surface area contributed by atoms with E-state index >= 15 is 0 Å². The zero-order valence-electron chi connectivity index (χ0n) is 17.8. The zero-order chi connectivity index (χ0) is 23.7. The second-order valence-corrected chi connectivity index (χ2v) is 8.53. The molecular weight excluding hydrogens is 457 g/mol. The SMILES string of the molecule is O=C(Nc1ccc(F)cc1)C1(C(=O)Nc2ccc(Oc3ccnc4cc(Cl)ccc34)cc2)CC1. The molecule has 0 unspecified atom stereocenters. The Kier molecular flexibility index (Phi) is 5.63. The van der Waals surface area contributed by atoms with E-state index in [1.54, 1.807) is 48.7 Å². The Morgan fingerprint density at radius 2 is 1.50 bits per heavy atom. The average molecular weight is 476 g/mol. The summed E-state index contributed by atoms with van der Waals surface area (Å²) in [5.41, 5.74) is 0.589. The van der Waals surface area contributed by atoms with Gasteiger partial charge in [-0.3, -0.25) is 14.6 Å². The van der Waals surface area contributed by atoms with Crippen molar-refractivity contribution in [2.24, 2.45) is 5.41 Å². The minimum Gasteiger partial charge on any atom is -0.457 e. The van der Waals surface area contributed by atoms with Crippen LogP contribution in [0, 0.1) is 11.2 Å². The second kappa shape index (κ2) is 8.76. The molecule has 0 spiro atoms. The molecule has 5 rings (SSSR count). The number of halogens is 2. The van der Waals surface area contributed by atoms with Gasteiger partial charge in [0.2, 0.25) is 11.8 Å². The van der Waals surface area contributed by atoms with Crippen molar-refractivity contribution in [1.82, 2.24) is 4.98 Å². The maximum Gasteiger partial charge on any atom is 0.240 e. The monoisotopic (exact) mass is 475 g/mol. The van der Waals surface area contributed by atoms with Gasteiger partial charge in [-0.15, -0.1) is 0 Å². The lowest BCUT2D eigenvalue weighted by Crippen LogP contribution is -2.35. The van der Waals surface area contributed by atoms with Gasteiger partial charge in [0, 0.05) is 28.0 Å². The van der Waals surface area contributed by atoms with E-state index in [1.165, 1.54) is 24.3 Å². The quantitative estimate of drug-likeness (QED) is 0.326. The van der Waals surface area contributed by atoms with Gasteiger partial charge in [-0.2, -0.15) is 0 Å². The molecule has 0 bridgehead atoms. The number of nitrogens with one attached hydrogen (secondary N) is 2. The van der Waals surface area contributed by atoms with Crippen molar-refractivity contribution in [1.29, 1.82) is 0 Å². The third-order valence-electron chi connectivity index (χ3n) is 5.73. The molecule has 3 aromatic carbocycles. The molecule has 1 saturated carbocycles. The summed E-state index contributed by atoms with van der Waals surface area (Å²) in [5.74, 6) is 0.0355. The maximum absolute atomic E-state index is 13.1. The van der Waals surface area contributed by atoms with Crippen LogP contribution < -0.4 is 15.4 Å². The summed E-state index contributed by atoms with van der Waals surface area (Å²) < 4.78 is 19.1. The van der Waals surface area contributed by atoms with E-state index in [2.05, 4.69) is 15.6 Å². The molecule has 1 heterocycles. The fourth-order valence-corrected chi connectivity index (χ4v) is 3.80. The van der Waals surface area contributed by atoms with Gasteiger partial charge in [0.25, 0.3) is 0 Å². The number of carbonyl (C=O) groups excluding carboxylic acids is 2. The van der Waals surface area contributed by atoms with Crippen molar-refractivity contribution in [3.8, 4) is 11.5 Å². The molecule has 0 aliphatic heterocycles. The molecule has 170 valence electrons. The van der Waals surface area contributed by atoms with Crippen molar-refractivity contribution in [3.05, 3.63) is 89.8 Å². The van der Waals surface area contributed by atoms with Gasteiger partial charge in [-0.1, -0.05) is 11.6 Å². The van der Waals surface area contributed by atoms with Crippen molar-refractivity contribution >= 4 is 45.7 Å². The van der Waals surface area contributed by atoms with E-state index in [1.807, 2.05) is 6.07 Å². The molecule has 0 saturated heterocycles. The molecule has 6 nitrogen and oxygen atoms in total. The van der Waals surface area contributed by atoms with E-state index in [0.29, 0.717) is 40.7 Å². The summed E-state index contributed by atoms with van der Waals surface area (Å²) in [4.78, 5) is 29.9. The van der Waals surface area contributed by atoms with Crippen LogP contribution in [-0.2, 0) is 9.59 Å². The Morgan fingerprint density at radius 3 is 2.12 bits per heavy atom. The number of rotatable bonds is 6. The number of fused-ring (bicyclic) bond motifs is 1. The molecule has 4 aromatic rings. The molecule has 1 aliphatic rings. The molecule has 0 atom stereocenters. The van der Waals surface area contributed by atoms with Crippen LogP contribution in [0.1, 0.15) is 12.8 Å². The zero-order valence-corrected chi connectivity index (χ0v) is 18.6. The number of amides is 2. The highest BCUT2D eigenvalue weighted by atomic mass is 35.5. The second-order valence-electron chi connectivity index (χ2n) is 8.09. The average Bonchev–Trinajstić information content (AvgIpc) is 3.64. The highest BCUT2D eigenvalue weighted by Gasteiger charge is 2.56. The largest absolute Gasteiger partial charge is 0.457 e. The molecule has 34 heavy (non-hydrogen) atoms. The normalized spacial score (nSPS) is 13.8. The number of hydrogen-bond acceptors (Lipinski definition) is 4. The first-order valence-corrected chi connectivity index (χ1v) is 11.0. The van der Waals surface area contributed by atoms with E-state index < -0.39 is 17.1 Å². The Bertz CT molecular complexity index is 1390. The summed E-state index contributed by atoms with van der Waals surface area (Å²) in [6, 6.07) is 19.5. The van der Waals surface area contributed by atoms with Crippen LogP contribution in [0.25, 0.3) is 10.9 Å². The molecule has 1 aromatic heterocycles. The van der Waals surface area contributed by atoms with E-state index in [9.17, 15) is 14.0 Å². The Morgan fingerprint density at radius 1 is 0.882 bits per heavy atom. The van der Waals surface area contributed by atoms with E-state index in [4.69, 9.17) is 16.3 Å². The smallest absolute Gasteiger partial charge is 0.240 e. The van der Waals surface area contributed by atoms with Gasteiger partial charge in [-0.25, -0.2) is 4.39 Å². The minimum absolute atomic E-state index is 0.377. The van der Waals surface area contributed by atoms with Crippen molar-refractivity contribution in [2.75, 3.05) is 10.6 Å². The fraction of sp³-hybridized carbons (Fsp3) is 0.115. The molecule has 0 radical (unpaired) electrons. The van der Waals surface area contributed by atoms with Crippen LogP contribution in [0.3, 0.4) is 0 Å². The van der Waals surface area contributed by atoms with Gasteiger partial charge < -0.3 is 15.4 Å². The highest BCUT2D eigenvalue weighted by Crippen LogP contribution is 2.47. The molecule has 8 heteroatoms. The predicted molar refractivity (Wildman–Crippen MR) is 129 cm³/mol. The number of ether oxygens (including phenoxy) is 1. The maximum atomic E-state index is 13.1. The van der Waals surface area contributed by atoms with Gasteiger partial charge in [0.1, 0.15) is 22.7 Å². The number of anilines is 2. The number of pyridine rings is 1. The van der Waals surface area contributed by atoms with Crippen LogP contribution in [0.2, 0.25) is 5.02 Å². The van der Waals surface area contributed by atoms with Gasteiger partial charge in [0.15, 0.2) is 0 Å². The first-order chi connectivity index (χ1) is 16.4. The first kappa shape index (κ1) is 21.9. The summed E-state index contributed by atoms with van der Waals surface area (Å²) in [6.45, 7) is 0. The van der Waals surface area contributed by atoms with Gasteiger partial charge in [0.05, 0.1) is 5.52 Å². The number of nitrogens with zero attached hydrogens (tertiary/aromatic N) is 1. The molecule has 1 fully saturated rings. The molecule has 2 amide bonds. The molecule has 2 N–H and O–H groups in total. The lowest BCUT2D eigenvalue weighted by molar-refractivity contribution is -0.131. The lowest BCUT2D eigenvalue weighted by atomic mass is 10.0. The summed E-state index contributed by atoms with van der Waals surface area (Å²) in [6.07, 6.45) is 2.55. The van der Waals surface area contributed by atoms with E-state index in [-0.39, 0.29) is 5.91 Å². The minimum atomic E-state index is -1.12. The van der Waals surface area contributed by atoms with Crippen LogP contribution >= 0.6 is 11.6 Å². The summed E-state index contributed by atoms with van der Waals surface area (Å²) in [5, 5.41) is 6.92. The molecule has 1 aliphatic carbocycles. The molecular formula is C26H19ClFN3O3. The third-order valence-corrected chi connectivity index (χ3v) is 5.96. The topological polar surface area (TPSA) is 80.3 Å². The Balaban J connectivity index is 1.25. The number of carbonyl (C=O) groups is 2. The van der Waals surface area contributed by atoms with Crippen molar-refractivity contribution in [2.45, 2.75) is 12.8 Å². The van der Waals surface area contributed by atoms with Crippen LogP contribution in [0.5, 0.6) is 11.5 Å². The van der Waals surface area contributed by atoms with Crippen LogP contribution in [0.15, 0.2) is 79.0 Å². The summed E-state index contributed by atoms with van der Waals surface area (Å²) >= 11 is 6.04. The highest BCUT2D eigenvalue weighted by molar-refractivity contribution is 6.31. The van der Waals surface area contributed by atoms with E-state index in [0.717, 1.165) is 10.9 Å². The van der Waals surface area contributed by atoms with Crippen molar-refractivity contribution < 1.29 is 18.7 Å². The standard InChI is InChI=1S/C26H19ClFN3O3/c27-16-1-10-21-22(15-16)29-14-11-23(21)34-20-8-6-19(7-9-20)31-25(33)26(12-13-26)24(32)30-18-4-2-17(28)3-5-18/h1-11,14-15H,12-13H2,(H,30,32)(H,31,33). The van der Waals surface area contributed by atoms with Gasteiger partial charge in [-0.05, 0) is 85.6 Å². The summed E-state index contributed by atoms with van der Waals surface area (Å²) in [7, 11) is 0. The Labute approximate surface area is 199 Å². The number of hydrogen-bond donors (Lipinski definition) is 2.